The Hall–Kier alpha value is -1.52. The molecule has 0 spiro atoms. The number of piperazine rings is 1. The zero-order valence-electron chi connectivity index (χ0n) is 18.0. The van der Waals surface area contributed by atoms with Crippen LogP contribution < -0.4 is 10.4 Å². The number of nitrogens with zero attached hydrogens (tertiary/aromatic N) is 3. The number of piperidine rings is 1. The minimum Gasteiger partial charge on any atom is -0.383 e. The van der Waals surface area contributed by atoms with Crippen molar-refractivity contribution in [2.75, 3.05) is 64.4 Å². The molecule has 1 aromatic carbocycles. The quantitative estimate of drug-likeness (QED) is 0.466. The minimum absolute atomic E-state index is 0.453. The highest BCUT2D eigenvalue weighted by Crippen LogP contribution is 2.32. The van der Waals surface area contributed by atoms with Gasteiger partial charge >= 0.3 is 0 Å². The molecule has 0 bridgehead atoms. The number of nitrogens with one attached hydrogen (secondary N) is 1. The number of benzene rings is 1. The topological polar surface area (TPSA) is 85.4 Å². The molecule has 168 valence electrons. The van der Waals surface area contributed by atoms with E-state index in [-0.39, 0.29) is 0 Å². The number of methoxy groups -OCH3 is 1. The molecule has 2 heterocycles. The number of hydrogen-bond donors (Lipinski definition) is 2. The van der Waals surface area contributed by atoms with E-state index in [1.807, 2.05) is 4.31 Å². The average molecular weight is 439 g/mol. The fraction of sp³-hybridized carbons (Fsp3) is 0.667. The van der Waals surface area contributed by atoms with Gasteiger partial charge in [0, 0.05) is 58.6 Å². The first kappa shape index (κ1) is 23.1. The Bertz CT molecular complexity index is 714. The van der Waals surface area contributed by atoms with Crippen molar-refractivity contribution in [1.29, 1.82) is 0 Å². The van der Waals surface area contributed by atoms with Gasteiger partial charge in [0.05, 0.1) is 6.61 Å². The van der Waals surface area contributed by atoms with Crippen molar-refractivity contribution < 1.29 is 18.9 Å². The largest absolute Gasteiger partial charge is 0.383 e. The highest BCUT2D eigenvalue weighted by Gasteiger charge is 2.49. The summed E-state index contributed by atoms with van der Waals surface area (Å²) in [7, 11) is 0.165. The molecule has 1 aromatic rings. The van der Waals surface area contributed by atoms with Crippen LogP contribution in [0.4, 0.5) is 5.69 Å². The van der Waals surface area contributed by atoms with Crippen LogP contribution in [0.3, 0.4) is 0 Å². The maximum absolute atomic E-state index is 13.5. The summed E-state index contributed by atoms with van der Waals surface area (Å²) in [5.74, 6) is -0.537. The molecule has 9 heteroatoms. The molecule has 0 saturated carbocycles. The monoisotopic (exact) mass is 438 g/mol. The summed E-state index contributed by atoms with van der Waals surface area (Å²) < 4.78 is 19.5. The lowest BCUT2D eigenvalue weighted by Gasteiger charge is -2.43. The normalized spacial score (nSPS) is 21.4. The van der Waals surface area contributed by atoms with Crippen LogP contribution in [0.2, 0.25) is 0 Å². The standard InChI is InChI=1S/C21H34N4O4S/c1-3-18-4-6-19(7-5-18)24-12-14-25(15-13-24)30(28)21(20(26)22-27)8-10-23(11-9-21)16-17-29-2/h4-7,27H,3,8-17H2,1-2H3,(H,22,26). The van der Waals surface area contributed by atoms with Crippen molar-refractivity contribution in [3.63, 3.8) is 0 Å². The van der Waals surface area contributed by atoms with Crippen molar-refractivity contribution >= 4 is 22.6 Å². The summed E-state index contributed by atoms with van der Waals surface area (Å²) in [6.45, 7) is 7.63. The molecule has 1 amide bonds. The van der Waals surface area contributed by atoms with E-state index in [0.29, 0.717) is 45.6 Å². The number of anilines is 1. The van der Waals surface area contributed by atoms with Gasteiger partial charge in [0.15, 0.2) is 0 Å². The summed E-state index contributed by atoms with van der Waals surface area (Å²) in [6, 6.07) is 8.58. The number of likely N-dealkylation sites (tertiary alicyclic amines) is 1. The molecule has 8 nitrogen and oxygen atoms in total. The number of amides is 1. The van der Waals surface area contributed by atoms with Gasteiger partial charge in [-0.05, 0) is 37.0 Å². The minimum atomic E-state index is -1.50. The Balaban J connectivity index is 1.62. The van der Waals surface area contributed by atoms with E-state index in [1.165, 1.54) is 11.3 Å². The highest BCUT2D eigenvalue weighted by atomic mass is 32.2. The lowest BCUT2D eigenvalue weighted by atomic mass is 9.95. The number of hydroxylamine groups is 1. The molecule has 2 fully saturated rings. The fourth-order valence-electron chi connectivity index (χ4n) is 4.24. The molecule has 30 heavy (non-hydrogen) atoms. The number of aryl methyl sites for hydroxylation is 1. The second-order valence-corrected chi connectivity index (χ2v) is 9.75. The Labute approximate surface area is 181 Å². The number of carbonyl (C=O) groups is 1. The Morgan fingerprint density at radius 1 is 1.13 bits per heavy atom. The number of ether oxygens (including phenoxy) is 1. The third-order valence-corrected chi connectivity index (χ3v) is 8.40. The Morgan fingerprint density at radius 2 is 1.77 bits per heavy atom. The summed E-state index contributed by atoms with van der Waals surface area (Å²) in [5.41, 5.74) is 4.27. The number of rotatable bonds is 8. The lowest BCUT2D eigenvalue weighted by Crippen LogP contribution is -2.61. The van der Waals surface area contributed by atoms with Crippen molar-refractivity contribution in [2.24, 2.45) is 0 Å². The van der Waals surface area contributed by atoms with Gasteiger partial charge in [-0.25, -0.2) is 14.0 Å². The van der Waals surface area contributed by atoms with Crippen molar-refractivity contribution in [3.8, 4) is 0 Å². The number of hydrogen-bond acceptors (Lipinski definition) is 6. The number of carbonyl (C=O) groups excluding carboxylic acids is 1. The maximum Gasteiger partial charge on any atom is 0.263 e. The average Bonchev–Trinajstić information content (AvgIpc) is 2.82. The predicted molar refractivity (Wildman–Crippen MR) is 118 cm³/mol. The smallest absolute Gasteiger partial charge is 0.263 e. The first-order chi connectivity index (χ1) is 14.5. The third-order valence-electron chi connectivity index (χ3n) is 6.31. The van der Waals surface area contributed by atoms with Gasteiger partial charge in [-0.1, -0.05) is 19.1 Å². The summed E-state index contributed by atoms with van der Waals surface area (Å²) >= 11 is 0. The molecule has 1 unspecified atom stereocenters. The summed E-state index contributed by atoms with van der Waals surface area (Å²) in [4.78, 5) is 17.1. The first-order valence-electron chi connectivity index (χ1n) is 10.7. The van der Waals surface area contributed by atoms with E-state index in [0.717, 1.165) is 26.1 Å². The van der Waals surface area contributed by atoms with Gasteiger partial charge in [0.2, 0.25) is 0 Å². The zero-order valence-corrected chi connectivity index (χ0v) is 18.8. The van der Waals surface area contributed by atoms with Crippen LogP contribution in [0.25, 0.3) is 0 Å². The van der Waals surface area contributed by atoms with Gasteiger partial charge in [-0.2, -0.15) is 0 Å². The van der Waals surface area contributed by atoms with Crippen LogP contribution in [0.1, 0.15) is 25.3 Å². The lowest BCUT2D eigenvalue weighted by molar-refractivity contribution is -0.133. The molecule has 1 atom stereocenters. The summed E-state index contributed by atoms with van der Waals surface area (Å²) in [5, 5.41) is 9.35. The molecule has 0 aromatic heterocycles. The first-order valence-corrected chi connectivity index (χ1v) is 11.8. The van der Waals surface area contributed by atoms with Gasteiger partial charge < -0.3 is 14.5 Å². The van der Waals surface area contributed by atoms with E-state index >= 15 is 0 Å². The fourth-order valence-corrected chi connectivity index (χ4v) is 5.97. The van der Waals surface area contributed by atoms with Crippen LogP contribution in [-0.4, -0.2) is 88.8 Å². The third kappa shape index (κ3) is 5.03. The zero-order chi connectivity index (χ0) is 21.6. The summed E-state index contributed by atoms with van der Waals surface area (Å²) in [6.07, 6.45) is 1.92. The van der Waals surface area contributed by atoms with E-state index in [1.54, 1.807) is 12.6 Å². The predicted octanol–water partition coefficient (Wildman–Crippen LogP) is 1.02. The highest BCUT2D eigenvalue weighted by molar-refractivity contribution is 7.85. The van der Waals surface area contributed by atoms with Crippen LogP contribution in [0.5, 0.6) is 0 Å². The van der Waals surface area contributed by atoms with Crippen LogP contribution >= 0.6 is 0 Å². The maximum atomic E-state index is 13.5. The van der Waals surface area contributed by atoms with E-state index in [4.69, 9.17) is 4.74 Å². The molecular weight excluding hydrogens is 404 g/mol. The van der Waals surface area contributed by atoms with Crippen LogP contribution in [0, 0.1) is 0 Å². The van der Waals surface area contributed by atoms with Gasteiger partial charge in [0.1, 0.15) is 15.7 Å². The van der Waals surface area contributed by atoms with E-state index < -0.39 is 21.6 Å². The molecule has 3 rings (SSSR count). The van der Waals surface area contributed by atoms with E-state index in [2.05, 4.69) is 41.0 Å². The van der Waals surface area contributed by atoms with Crippen LogP contribution in [-0.2, 0) is 26.9 Å². The van der Waals surface area contributed by atoms with Gasteiger partial charge in [0.25, 0.3) is 5.91 Å². The molecule has 0 radical (unpaired) electrons. The molecule has 2 N–H and O–H groups in total. The van der Waals surface area contributed by atoms with Crippen molar-refractivity contribution in [3.05, 3.63) is 29.8 Å². The Morgan fingerprint density at radius 3 is 2.30 bits per heavy atom. The van der Waals surface area contributed by atoms with Crippen LogP contribution in [0.15, 0.2) is 24.3 Å². The van der Waals surface area contributed by atoms with E-state index in [9.17, 15) is 14.2 Å². The molecule has 2 aliphatic heterocycles. The van der Waals surface area contributed by atoms with Crippen molar-refractivity contribution in [1.82, 2.24) is 14.7 Å². The SMILES string of the molecule is CCc1ccc(N2CCN(S(=O)C3(C(=O)NO)CCN(CCOC)CC3)CC2)cc1. The molecular formula is C21H34N4O4S. The molecule has 0 aliphatic carbocycles. The van der Waals surface area contributed by atoms with Gasteiger partial charge in [-0.15, -0.1) is 0 Å². The molecule has 2 aliphatic rings. The molecule has 2 saturated heterocycles. The second kappa shape index (κ2) is 10.7. The second-order valence-electron chi connectivity index (χ2n) is 7.95. The van der Waals surface area contributed by atoms with Crippen molar-refractivity contribution in [2.45, 2.75) is 30.9 Å². The Kier molecular flexibility index (Phi) is 8.24. The van der Waals surface area contributed by atoms with Gasteiger partial charge in [-0.3, -0.25) is 10.0 Å².